The number of halogens is 2. The van der Waals surface area contributed by atoms with E-state index in [0.29, 0.717) is 67.6 Å². The average Bonchev–Trinajstić information content (AvgIpc) is 4.02. The largest absolute Gasteiger partial charge is 0.678 e. The standard InChI is InChI=1S/C44H46BF2N5O5S/c46-45(47)52-36(20-23-40(52)42-12-7-27-58-42)28-35-19-18-34(51-35)17-14-32-15-21-38(22-16-32)56-31-44(55)49-24-5-1-2-13-43(54)50-26-25-48-29-37(53)30-57-41-11-6-9-33-8-3-4-10-39(33)41/h3-4,6-12,14-23,27-28,37,48,53H,1-2,5,13,24-26,29-31H2,(H,49,55)(H,50,54)/b17-14+,35-28-/t37-/m0/s1. The van der Waals surface area contributed by atoms with E-state index < -0.39 is 13.5 Å². The molecular formula is C44H46BF2N5O5S. The molecule has 1 atom stereocenters. The molecule has 58 heavy (non-hydrogen) atoms. The van der Waals surface area contributed by atoms with E-state index in [4.69, 9.17) is 9.47 Å². The number of aliphatic imine (C=N–C) groups is 1. The molecule has 2 amide bonds. The summed E-state index contributed by atoms with van der Waals surface area (Å²) in [5.41, 5.74) is 3.02. The first-order valence-corrected chi connectivity index (χ1v) is 20.2. The topological polar surface area (TPSA) is 126 Å². The number of hydrogen-bond acceptors (Lipinski definition) is 8. The fourth-order valence-corrected chi connectivity index (χ4v) is 6.98. The van der Waals surface area contributed by atoms with Crippen molar-refractivity contribution < 1.29 is 32.8 Å². The van der Waals surface area contributed by atoms with Crippen molar-refractivity contribution >= 4 is 59.2 Å². The van der Waals surface area contributed by atoms with E-state index in [1.165, 1.54) is 11.3 Å². The number of thiophene rings is 1. The van der Waals surface area contributed by atoms with E-state index in [-0.39, 0.29) is 25.0 Å². The van der Waals surface area contributed by atoms with Gasteiger partial charge in [0.05, 0.1) is 17.1 Å². The first-order chi connectivity index (χ1) is 28.3. The van der Waals surface area contributed by atoms with Crippen LogP contribution in [0, 0.1) is 0 Å². The van der Waals surface area contributed by atoms with Crippen molar-refractivity contribution in [3.05, 3.63) is 132 Å². The number of carbonyl (C=O) groups excluding carboxylic acids is 2. The predicted molar refractivity (Wildman–Crippen MR) is 229 cm³/mol. The number of carbonyl (C=O) groups is 2. The van der Waals surface area contributed by atoms with Crippen molar-refractivity contribution in [2.75, 3.05) is 39.4 Å². The van der Waals surface area contributed by atoms with Crippen LogP contribution in [0.25, 0.3) is 33.5 Å². The van der Waals surface area contributed by atoms with Crippen LogP contribution in [0.5, 0.6) is 11.5 Å². The Kier molecular flexibility index (Phi) is 15.6. The average molecular weight is 806 g/mol. The van der Waals surface area contributed by atoms with Gasteiger partial charge in [-0.2, -0.15) is 0 Å². The van der Waals surface area contributed by atoms with Gasteiger partial charge in [0.15, 0.2) is 6.61 Å². The summed E-state index contributed by atoms with van der Waals surface area (Å²) >= 11 is 1.41. The van der Waals surface area contributed by atoms with E-state index in [1.807, 2.05) is 90.3 Å². The molecule has 3 heterocycles. The Morgan fingerprint density at radius 3 is 2.50 bits per heavy atom. The maximum Gasteiger partial charge on any atom is 0.678 e. The number of rotatable bonds is 22. The van der Waals surface area contributed by atoms with Gasteiger partial charge in [-0.3, -0.25) is 18.2 Å². The summed E-state index contributed by atoms with van der Waals surface area (Å²) < 4.78 is 40.3. The Bertz CT molecular complexity index is 2230. The first kappa shape index (κ1) is 41.8. The molecular weight excluding hydrogens is 759 g/mol. The third-order valence-corrected chi connectivity index (χ3v) is 10.1. The summed E-state index contributed by atoms with van der Waals surface area (Å²) in [6.45, 7) is 1.89. The van der Waals surface area contributed by atoms with E-state index in [2.05, 4.69) is 20.9 Å². The lowest BCUT2D eigenvalue weighted by Gasteiger charge is -2.15. The van der Waals surface area contributed by atoms with Gasteiger partial charge in [0.2, 0.25) is 5.91 Å². The summed E-state index contributed by atoms with van der Waals surface area (Å²) in [4.78, 5) is 29.8. The molecule has 0 bridgehead atoms. The highest BCUT2D eigenvalue weighted by molar-refractivity contribution is 7.13. The predicted octanol–water partition coefficient (Wildman–Crippen LogP) is 7.41. The number of allylic oxidation sites excluding steroid dienone is 3. The number of nitrogens with zero attached hydrogens (tertiary/aromatic N) is 2. The minimum atomic E-state index is -2.68. The monoisotopic (exact) mass is 805 g/mol. The lowest BCUT2D eigenvalue weighted by Crippen LogP contribution is -2.37. The normalized spacial score (nSPS) is 13.6. The van der Waals surface area contributed by atoms with Crippen LogP contribution in [0.3, 0.4) is 0 Å². The second-order valence-electron chi connectivity index (χ2n) is 13.6. The lowest BCUT2D eigenvalue weighted by molar-refractivity contribution is -0.123. The fraction of sp³-hybridized carbons (Fsp3) is 0.250. The van der Waals surface area contributed by atoms with E-state index in [0.717, 1.165) is 44.3 Å². The van der Waals surface area contributed by atoms with Gasteiger partial charge >= 0.3 is 7.40 Å². The van der Waals surface area contributed by atoms with Gasteiger partial charge in [-0.25, -0.2) is 4.99 Å². The highest BCUT2D eigenvalue weighted by atomic mass is 32.1. The summed E-state index contributed by atoms with van der Waals surface area (Å²) in [5, 5.41) is 23.1. The van der Waals surface area contributed by atoms with Crippen molar-refractivity contribution in [1.82, 2.24) is 20.4 Å². The summed E-state index contributed by atoms with van der Waals surface area (Å²) in [6, 6.07) is 28.1. The summed E-state index contributed by atoms with van der Waals surface area (Å²) in [7, 11) is -2.68. The van der Waals surface area contributed by atoms with E-state index in [9.17, 15) is 23.3 Å². The number of unbranched alkanes of at least 4 members (excludes halogenated alkanes) is 2. The number of nitrogens with one attached hydrogen (secondary N) is 3. The molecule has 5 aromatic rings. The second kappa shape index (κ2) is 21.6. The molecule has 0 unspecified atom stereocenters. The molecule has 10 nitrogen and oxygen atoms in total. The molecule has 2 aromatic heterocycles. The van der Waals surface area contributed by atoms with Crippen LogP contribution in [0.4, 0.5) is 8.63 Å². The Hall–Kier alpha value is -5.83. The first-order valence-electron chi connectivity index (χ1n) is 19.3. The minimum absolute atomic E-state index is 0.0313. The zero-order valence-corrected chi connectivity index (χ0v) is 32.8. The molecule has 4 N–H and O–H groups in total. The van der Waals surface area contributed by atoms with Crippen molar-refractivity contribution in [2.45, 2.75) is 31.8 Å². The Morgan fingerprint density at radius 2 is 1.67 bits per heavy atom. The molecule has 3 aromatic carbocycles. The van der Waals surface area contributed by atoms with E-state index in [1.54, 1.807) is 36.4 Å². The second-order valence-corrected chi connectivity index (χ2v) is 14.5. The van der Waals surface area contributed by atoms with Crippen LogP contribution in [0.15, 0.2) is 125 Å². The molecule has 6 rings (SSSR count). The highest BCUT2D eigenvalue weighted by Crippen LogP contribution is 2.30. The van der Waals surface area contributed by atoms with Crippen LogP contribution in [0.1, 0.15) is 36.9 Å². The van der Waals surface area contributed by atoms with E-state index >= 15 is 0 Å². The van der Waals surface area contributed by atoms with Crippen LogP contribution in [-0.4, -0.2) is 80.0 Å². The van der Waals surface area contributed by atoms with Crippen molar-refractivity contribution in [2.24, 2.45) is 4.99 Å². The van der Waals surface area contributed by atoms with Crippen LogP contribution in [-0.2, 0) is 9.59 Å². The van der Waals surface area contributed by atoms with Gasteiger partial charge in [-0.15, -0.1) is 11.3 Å². The maximum absolute atomic E-state index is 13.9. The Labute approximate surface area is 341 Å². The SMILES string of the molecule is O=C(CCCCCNC(=O)COc1ccc(/C=C/C2=NC(=C\c3ccc(-c4cccs4)n3B(F)F)/C=C2)cc1)NCCNC[C@H](O)COc1cccc2ccccc12. The fourth-order valence-electron chi connectivity index (χ4n) is 6.23. The number of benzene rings is 3. The molecule has 0 spiro atoms. The highest BCUT2D eigenvalue weighted by Gasteiger charge is 2.24. The number of amides is 2. The van der Waals surface area contributed by atoms with Gasteiger partial charge in [0.25, 0.3) is 5.91 Å². The van der Waals surface area contributed by atoms with Gasteiger partial charge in [-0.1, -0.05) is 67.1 Å². The molecule has 0 saturated carbocycles. The molecule has 0 aliphatic carbocycles. The van der Waals surface area contributed by atoms with Gasteiger partial charge in [0, 0.05) is 48.6 Å². The summed E-state index contributed by atoms with van der Waals surface area (Å²) in [5.74, 6) is 1.04. The molecule has 0 radical (unpaired) electrons. The minimum Gasteiger partial charge on any atom is -0.490 e. The third-order valence-electron chi connectivity index (χ3n) is 9.18. The Morgan fingerprint density at radius 1 is 0.845 bits per heavy atom. The third kappa shape index (κ3) is 12.6. The number of hydrogen-bond donors (Lipinski definition) is 4. The number of aliphatic hydroxyl groups excluding tert-OH is 1. The van der Waals surface area contributed by atoms with Gasteiger partial charge in [0.1, 0.15) is 24.2 Å². The lowest BCUT2D eigenvalue weighted by atomic mass is 10.1. The van der Waals surface area contributed by atoms with Crippen molar-refractivity contribution in [3.8, 4) is 22.1 Å². The zero-order valence-electron chi connectivity index (χ0n) is 32.0. The maximum atomic E-state index is 13.9. The smallest absolute Gasteiger partial charge is 0.490 e. The molecule has 1 aliphatic rings. The Balaban J connectivity index is 0.789. The van der Waals surface area contributed by atoms with Crippen LogP contribution in [0.2, 0.25) is 0 Å². The van der Waals surface area contributed by atoms with Crippen molar-refractivity contribution in [3.63, 3.8) is 0 Å². The number of aliphatic hydroxyl groups is 1. The molecule has 0 saturated heterocycles. The van der Waals surface area contributed by atoms with Gasteiger partial charge < -0.3 is 35.0 Å². The number of aromatic nitrogens is 1. The van der Waals surface area contributed by atoms with Crippen molar-refractivity contribution in [1.29, 1.82) is 0 Å². The summed E-state index contributed by atoms with van der Waals surface area (Å²) in [6.07, 6.45) is 11.0. The number of ether oxygens (including phenoxy) is 2. The molecule has 14 heteroatoms. The van der Waals surface area contributed by atoms with Gasteiger partial charge in [-0.05, 0) is 89.9 Å². The zero-order chi connectivity index (χ0) is 40.5. The molecule has 1 aliphatic heterocycles. The quantitative estimate of drug-likeness (QED) is 0.0427. The van der Waals surface area contributed by atoms with Crippen LogP contribution >= 0.6 is 11.3 Å². The molecule has 300 valence electrons. The number of fused-ring (bicyclic) bond motifs is 1. The molecule has 0 fully saturated rings. The van der Waals surface area contributed by atoms with Crippen LogP contribution < -0.4 is 25.4 Å².